The van der Waals surface area contributed by atoms with Gasteiger partial charge in [0.1, 0.15) is 11.5 Å². The summed E-state index contributed by atoms with van der Waals surface area (Å²) in [5.41, 5.74) is 0.837. The summed E-state index contributed by atoms with van der Waals surface area (Å²) < 4.78 is 15.6. The number of hydrogen-bond donors (Lipinski definition) is 1. The van der Waals surface area contributed by atoms with Crippen molar-refractivity contribution in [1.29, 1.82) is 0 Å². The first-order valence-electron chi connectivity index (χ1n) is 9.09. The molecule has 1 amide bonds. The molecular formula is C19H21N5O4. The van der Waals surface area contributed by atoms with Crippen LogP contribution in [0.25, 0.3) is 11.4 Å². The van der Waals surface area contributed by atoms with E-state index in [0.29, 0.717) is 30.0 Å². The highest BCUT2D eigenvalue weighted by atomic mass is 16.5. The Kier molecular flexibility index (Phi) is 4.96. The lowest BCUT2D eigenvalue weighted by atomic mass is 9.97. The summed E-state index contributed by atoms with van der Waals surface area (Å²) in [5.74, 6) is 2.06. The van der Waals surface area contributed by atoms with E-state index in [1.807, 2.05) is 29.2 Å². The zero-order valence-corrected chi connectivity index (χ0v) is 15.7. The fourth-order valence-corrected chi connectivity index (χ4v) is 3.22. The summed E-state index contributed by atoms with van der Waals surface area (Å²) in [6, 6.07) is 9.55. The zero-order valence-electron chi connectivity index (χ0n) is 15.7. The number of carbonyl (C=O) groups excluding carboxylic acids is 1. The minimum atomic E-state index is -0.193. The van der Waals surface area contributed by atoms with Gasteiger partial charge >= 0.3 is 6.01 Å². The average molecular weight is 383 g/mol. The summed E-state index contributed by atoms with van der Waals surface area (Å²) in [6.07, 6.45) is 1.65. The summed E-state index contributed by atoms with van der Waals surface area (Å²) in [6.45, 7) is 3.05. The molecular weight excluding hydrogens is 362 g/mol. The Balaban J connectivity index is 1.43. The second kappa shape index (κ2) is 7.71. The fourth-order valence-electron chi connectivity index (χ4n) is 3.22. The number of piperidine rings is 1. The Labute approximate surface area is 161 Å². The number of carbonyl (C=O) groups is 1. The highest BCUT2D eigenvalue weighted by Gasteiger charge is 2.29. The van der Waals surface area contributed by atoms with Crippen molar-refractivity contribution in [3.63, 3.8) is 0 Å². The molecule has 9 heteroatoms. The first-order valence-corrected chi connectivity index (χ1v) is 9.09. The van der Waals surface area contributed by atoms with E-state index in [-0.39, 0.29) is 11.8 Å². The summed E-state index contributed by atoms with van der Waals surface area (Å²) in [5, 5.41) is 10.7. The number of anilines is 2. The fraction of sp³-hybridized carbons (Fsp3) is 0.368. The number of methoxy groups -OCH3 is 1. The smallest absolute Gasteiger partial charge is 0.324 e. The van der Waals surface area contributed by atoms with Gasteiger partial charge < -0.3 is 24.0 Å². The average Bonchev–Trinajstić information content (AvgIpc) is 3.37. The molecule has 0 spiro atoms. The van der Waals surface area contributed by atoms with E-state index in [0.717, 1.165) is 30.7 Å². The first-order chi connectivity index (χ1) is 13.6. The van der Waals surface area contributed by atoms with Gasteiger partial charge in [0.2, 0.25) is 11.7 Å². The van der Waals surface area contributed by atoms with Gasteiger partial charge in [-0.1, -0.05) is 10.3 Å². The van der Waals surface area contributed by atoms with E-state index >= 15 is 0 Å². The van der Waals surface area contributed by atoms with Gasteiger partial charge in [0.05, 0.1) is 13.0 Å². The van der Waals surface area contributed by atoms with Crippen LogP contribution < -0.4 is 15.0 Å². The Bertz CT molecular complexity index is 949. The third kappa shape index (κ3) is 3.83. The molecule has 4 rings (SSSR count). The van der Waals surface area contributed by atoms with Crippen molar-refractivity contribution in [3.05, 3.63) is 36.1 Å². The van der Waals surface area contributed by atoms with Crippen LogP contribution in [0.15, 0.2) is 39.4 Å². The van der Waals surface area contributed by atoms with Crippen LogP contribution in [0, 0.1) is 12.8 Å². The van der Waals surface area contributed by atoms with E-state index in [1.165, 1.54) is 0 Å². The van der Waals surface area contributed by atoms with Crippen molar-refractivity contribution in [1.82, 2.24) is 15.3 Å². The normalized spacial score (nSPS) is 16.8. The monoisotopic (exact) mass is 383 g/mol. The minimum absolute atomic E-state index is 0.0899. The Morgan fingerprint density at radius 2 is 2.07 bits per heavy atom. The van der Waals surface area contributed by atoms with Gasteiger partial charge in [-0.25, -0.2) is 0 Å². The predicted molar refractivity (Wildman–Crippen MR) is 101 cm³/mol. The molecule has 0 radical (unpaired) electrons. The maximum absolute atomic E-state index is 12.5. The lowest BCUT2D eigenvalue weighted by Gasteiger charge is -2.30. The van der Waals surface area contributed by atoms with E-state index < -0.39 is 0 Å². The van der Waals surface area contributed by atoms with E-state index in [9.17, 15) is 4.79 Å². The summed E-state index contributed by atoms with van der Waals surface area (Å²) in [4.78, 5) is 19.0. The van der Waals surface area contributed by atoms with Gasteiger partial charge in [-0.15, -0.1) is 0 Å². The van der Waals surface area contributed by atoms with Crippen LogP contribution >= 0.6 is 0 Å². The molecule has 1 aromatic carbocycles. The molecule has 1 N–H and O–H groups in total. The van der Waals surface area contributed by atoms with Gasteiger partial charge in [-0.05, 0) is 44.0 Å². The molecule has 1 saturated heterocycles. The number of rotatable bonds is 5. The molecule has 1 aliphatic rings. The molecule has 1 unspecified atom stereocenters. The van der Waals surface area contributed by atoms with Crippen LogP contribution in [0.2, 0.25) is 0 Å². The van der Waals surface area contributed by atoms with E-state index in [1.54, 1.807) is 20.1 Å². The molecule has 0 saturated carbocycles. The zero-order chi connectivity index (χ0) is 19.5. The van der Waals surface area contributed by atoms with Crippen LogP contribution in [0.5, 0.6) is 5.75 Å². The molecule has 1 atom stereocenters. The maximum atomic E-state index is 12.5. The number of aromatic nitrogens is 3. The van der Waals surface area contributed by atoms with Gasteiger partial charge in [-0.2, -0.15) is 4.98 Å². The predicted octanol–water partition coefficient (Wildman–Crippen LogP) is 2.90. The number of amides is 1. The molecule has 3 aromatic rings. The molecule has 0 bridgehead atoms. The lowest BCUT2D eigenvalue weighted by molar-refractivity contribution is -0.120. The van der Waals surface area contributed by atoms with Crippen molar-refractivity contribution in [2.24, 2.45) is 5.92 Å². The Hall–Kier alpha value is -3.36. The number of ether oxygens (including phenoxy) is 1. The Morgan fingerprint density at radius 1 is 1.25 bits per heavy atom. The van der Waals surface area contributed by atoms with Gasteiger partial charge in [-0.3, -0.25) is 4.79 Å². The number of hydrogen-bond acceptors (Lipinski definition) is 8. The number of nitrogens with one attached hydrogen (secondary N) is 1. The van der Waals surface area contributed by atoms with Crippen molar-refractivity contribution in [3.8, 4) is 17.1 Å². The van der Waals surface area contributed by atoms with Crippen molar-refractivity contribution in [2.45, 2.75) is 19.8 Å². The maximum Gasteiger partial charge on any atom is 0.324 e. The molecule has 28 heavy (non-hydrogen) atoms. The largest absolute Gasteiger partial charge is 0.497 e. The van der Waals surface area contributed by atoms with Crippen LogP contribution in [0.3, 0.4) is 0 Å². The van der Waals surface area contributed by atoms with Crippen LogP contribution in [-0.4, -0.2) is 41.4 Å². The second-order valence-electron chi connectivity index (χ2n) is 6.73. The van der Waals surface area contributed by atoms with E-state index in [4.69, 9.17) is 13.8 Å². The minimum Gasteiger partial charge on any atom is -0.497 e. The van der Waals surface area contributed by atoms with Crippen molar-refractivity contribution >= 4 is 17.7 Å². The highest BCUT2D eigenvalue weighted by molar-refractivity contribution is 5.92. The summed E-state index contributed by atoms with van der Waals surface area (Å²) in [7, 11) is 1.62. The van der Waals surface area contributed by atoms with Crippen molar-refractivity contribution < 1.29 is 18.6 Å². The quantitative estimate of drug-likeness (QED) is 0.717. The molecule has 146 valence electrons. The van der Waals surface area contributed by atoms with Crippen molar-refractivity contribution in [2.75, 3.05) is 30.4 Å². The molecule has 1 aliphatic heterocycles. The van der Waals surface area contributed by atoms with Gasteiger partial charge in [0.15, 0.2) is 5.82 Å². The molecule has 9 nitrogen and oxygen atoms in total. The van der Waals surface area contributed by atoms with Crippen LogP contribution in [0.4, 0.5) is 11.8 Å². The number of aryl methyl sites for hydroxylation is 1. The second-order valence-corrected chi connectivity index (χ2v) is 6.73. The topological polar surface area (TPSA) is 107 Å². The Morgan fingerprint density at radius 3 is 2.79 bits per heavy atom. The third-order valence-corrected chi connectivity index (χ3v) is 4.71. The first kappa shape index (κ1) is 18.0. The van der Waals surface area contributed by atoms with E-state index in [2.05, 4.69) is 20.6 Å². The number of benzene rings is 1. The molecule has 1 fully saturated rings. The SMILES string of the molecule is COc1ccc(-c2noc(N3CCCC(C(=O)Nc4cc(C)on4)C3)n2)cc1. The molecule has 0 aliphatic carbocycles. The lowest BCUT2D eigenvalue weighted by Crippen LogP contribution is -2.41. The third-order valence-electron chi connectivity index (χ3n) is 4.71. The number of nitrogens with zero attached hydrogens (tertiary/aromatic N) is 4. The van der Waals surface area contributed by atoms with Gasteiger partial charge in [0, 0.05) is 24.7 Å². The standard InChI is InChI=1S/C19H21N5O4/c1-12-10-16(22-27-12)20-18(25)14-4-3-9-24(11-14)19-21-17(23-28-19)13-5-7-15(26-2)8-6-13/h5-8,10,14H,3-4,9,11H2,1-2H3,(H,20,22,25). The van der Waals surface area contributed by atoms with Gasteiger partial charge in [0.25, 0.3) is 0 Å². The highest BCUT2D eigenvalue weighted by Crippen LogP contribution is 2.26. The molecule has 2 aromatic heterocycles. The van der Waals surface area contributed by atoms with Crippen LogP contribution in [-0.2, 0) is 4.79 Å². The molecule has 3 heterocycles. The van der Waals surface area contributed by atoms with Crippen LogP contribution in [0.1, 0.15) is 18.6 Å². The summed E-state index contributed by atoms with van der Waals surface area (Å²) >= 11 is 0.